The van der Waals surface area contributed by atoms with Gasteiger partial charge in [-0.2, -0.15) is 0 Å². The quantitative estimate of drug-likeness (QED) is 0.690. The molecule has 7 heteroatoms. The van der Waals surface area contributed by atoms with E-state index in [1.54, 1.807) is 24.3 Å². The second-order valence-electron chi connectivity index (χ2n) is 4.68. The number of primary amides is 1. The van der Waals surface area contributed by atoms with Gasteiger partial charge in [-0.05, 0) is 42.5 Å². The number of rotatable bonds is 4. The van der Waals surface area contributed by atoms with Gasteiger partial charge >= 0.3 is 6.03 Å². The van der Waals surface area contributed by atoms with Crippen LogP contribution in [-0.4, -0.2) is 24.9 Å². The number of nitrogens with one attached hydrogen (secondary N) is 3. The van der Waals surface area contributed by atoms with Gasteiger partial charge in [-0.1, -0.05) is 6.07 Å². The molecule has 23 heavy (non-hydrogen) atoms. The number of anilines is 2. The van der Waals surface area contributed by atoms with Crippen molar-refractivity contribution in [1.29, 1.82) is 0 Å². The van der Waals surface area contributed by atoms with E-state index in [1.807, 2.05) is 0 Å². The number of carbonyl (C=O) groups excluding carboxylic acids is 3. The van der Waals surface area contributed by atoms with Gasteiger partial charge < -0.3 is 21.7 Å². The van der Waals surface area contributed by atoms with Crippen molar-refractivity contribution in [2.45, 2.75) is 0 Å². The van der Waals surface area contributed by atoms with E-state index in [9.17, 15) is 14.4 Å². The predicted molar refractivity (Wildman–Crippen MR) is 87.4 cm³/mol. The van der Waals surface area contributed by atoms with Gasteiger partial charge in [0, 0.05) is 29.5 Å². The van der Waals surface area contributed by atoms with Crippen molar-refractivity contribution in [3.8, 4) is 0 Å². The molecule has 0 aliphatic heterocycles. The molecule has 4 amide bonds. The zero-order valence-corrected chi connectivity index (χ0v) is 12.4. The molecule has 7 nitrogen and oxygen atoms in total. The van der Waals surface area contributed by atoms with Crippen LogP contribution in [-0.2, 0) is 0 Å². The van der Waals surface area contributed by atoms with Gasteiger partial charge in [0.2, 0.25) is 5.91 Å². The van der Waals surface area contributed by atoms with Gasteiger partial charge in [-0.3, -0.25) is 9.59 Å². The summed E-state index contributed by atoms with van der Waals surface area (Å²) in [6.07, 6.45) is 0. The fourth-order valence-electron chi connectivity index (χ4n) is 1.86. The lowest BCUT2D eigenvalue weighted by Crippen LogP contribution is -2.24. The van der Waals surface area contributed by atoms with Gasteiger partial charge in [0.25, 0.3) is 5.91 Å². The van der Waals surface area contributed by atoms with Gasteiger partial charge in [-0.25, -0.2) is 4.79 Å². The maximum atomic E-state index is 12.2. The summed E-state index contributed by atoms with van der Waals surface area (Å²) in [7, 11) is 1.51. The Morgan fingerprint density at radius 1 is 0.870 bits per heavy atom. The third kappa shape index (κ3) is 4.31. The summed E-state index contributed by atoms with van der Waals surface area (Å²) in [4.78, 5) is 34.4. The van der Waals surface area contributed by atoms with Crippen molar-refractivity contribution in [3.05, 3.63) is 59.7 Å². The molecule has 5 N–H and O–H groups in total. The molecular formula is C16H16N4O3. The predicted octanol–water partition coefficient (Wildman–Crippen LogP) is 1.79. The normalized spacial score (nSPS) is 9.78. The third-order valence-corrected chi connectivity index (χ3v) is 3.04. The fraction of sp³-hybridized carbons (Fsp3) is 0.0625. The Morgan fingerprint density at radius 3 is 2.00 bits per heavy atom. The summed E-state index contributed by atoms with van der Waals surface area (Å²) >= 11 is 0. The summed E-state index contributed by atoms with van der Waals surface area (Å²) in [5.74, 6) is -0.886. The zero-order chi connectivity index (χ0) is 16.8. The molecule has 2 rings (SSSR count). The van der Waals surface area contributed by atoms with Crippen LogP contribution < -0.4 is 21.7 Å². The zero-order valence-electron chi connectivity index (χ0n) is 12.4. The molecule has 0 aromatic heterocycles. The molecule has 2 aromatic carbocycles. The van der Waals surface area contributed by atoms with Crippen LogP contribution >= 0.6 is 0 Å². The van der Waals surface area contributed by atoms with Crippen LogP contribution in [0.4, 0.5) is 16.2 Å². The SMILES string of the molecule is CNC(=O)Nc1cccc(NC(=O)c2ccc(C(N)=O)cc2)c1. The number of benzene rings is 2. The molecule has 0 bridgehead atoms. The molecule has 0 aliphatic rings. The first-order valence-electron chi connectivity index (χ1n) is 6.79. The van der Waals surface area contributed by atoms with Gasteiger partial charge in [0.15, 0.2) is 0 Å². The van der Waals surface area contributed by atoms with E-state index in [4.69, 9.17) is 5.73 Å². The standard InChI is InChI=1S/C16H16N4O3/c1-18-16(23)20-13-4-2-3-12(9-13)19-15(22)11-7-5-10(6-8-11)14(17)21/h2-9H,1H3,(H2,17,21)(H,19,22)(H2,18,20,23). The topological polar surface area (TPSA) is 113 Å². The van der Waals surface area contributed by atoms with Crippen molar-refractivity contribution in [1.82, 2.24) is 5.32 Å². The molecule has 0 saturated carbocycles. The van der Waals surface area contributed by atoms with E-state index in [1.165, 1.54) is 31.3 Å². The lowest BCUT2D eigenvalue weighted by molar-refractivity contribution is 0.0995. The summed E-state index contributed by atoms with van der Waals surface area (Å²) in [5.41, 5.74) is 6.95. The van der Waals surface area contributed by atoms with Crippen molar-refractivity contribution < 1.29 is 14.4 Å². The lowest BCUT2D eigenvalue weighted by atomic mass is 10.1. The van der Waals surface area contributed by atoms with E-state index in [-0.39, 0.29) is 11.9 Å². The minimum Gasteiger partial charge on any atom is -0.366 e. The smallest absolute Gasteiger partial charge is 0.318 e. The Bertz CT molecular complexity index is 741. The Labute approximate surface area is 132 Å². The highest BCUT2D eigenvalue weighted by Gasteiger charge is 2.08. The van der Waals surface area contributed by atoms with Crippen LogP contribution in [0.1, 0.15) is 20.7 Å². The molecule has 0 atom stereocenters. The van der Waals surface area contributed by atoms with Crippen molar-refractivity contribution in [2.24, 2.45) is 5.73 Å². The van der Waals surface area contributed by atoms with Crippen LogP contribution in [0.2, 0.25) is 0 Å². The van der Waals surface area contributed by atoms with Crippen LogP contribution in [0, 0.1) is 0 Å². The van der Waals surface area contributed by atoms with E-state index in [0.717, 1.165) is 0 Å². The molecule has 0 heterocycles. The summed E-state index contributed by atoms with van der Waals surface area (Å²) < 4.78 is 0. The molecule has 0 fully saturated rings. The first-order valence-corrected chi connectivity index (χ1v) is 6.79. The summed E-state index contributed by atoms with van der Waals surface area (Å²) in [6, 6.07) is 12.4. The monoisotopic (exact) mass is 312 g/mol. The Hall–Kier alpha value is -3.35. The maximum Gasteiger partial charge on any atom is 0.318 e. The second-order valence-corrected chi connectivity index (χ2v) is 4.68. The number of carbonyl (C=O) groups is 3. The van der Waals surface area contributed by atoms with Gasteiger partial charge in [-0.15, -0.1) is 0 Å². The van der Waals surface area contributed by atoms with Crippen molar-refractivity contribution >= 4 is 29.2 Å². The highest BCUT2D eigenvalue weighted by molar-refractivity contribution is 6.05. The summed E-state index contributed by atoms with van der Waals surface area (Å²) in [6.45, 7) is 0. The Balaban J connectivity index is 2.09. The molecule has 2 aromatic rings. The van der Waals surface area contributed by atoms with E-state index in [2.05, 4.69) is 16.0 Å². The van der Waals surface area contributed by atoms with Crippen LogP contribution in [0.25, 0.3) is 0 Å². The number of urea groups is 1. The molecule has 0 spiro atoms. The Kier molecular flexibility index (Phi) is 4.93. The highest BCUT2D eigenvalue weighted by Crippen LogP contribution is 2.16. The highest BCUT2D eigenvalue weighted by atomic mass is 16.2. The lowest BCUT2D eigenvalue weighted by Gasteiger charge is -2.09. The molecular weight excluding hydrogens is 296 g/mol. The average molecular weight is 312 g/mol. The molecule has 118 valence electrons. The maximum absolute atomic E-state index is 12.2. The second kappa shape index (κ2) is 7.08. The third-order valence-electron chi connectivity index (χ3n) is 3.04. The fourth-order valence-corrected chi connectivity index (χ4v) is 1.86. The van der Waals surface area contributed by atoms with Crippen LogP contribution in [0.3, 0.4) is 0 Å². The summed E-state index contributed by atoms with van der Waals surface area (Å²) in [5, 5.41) is 7.76. The van der Waals surface area contributed by atoms with Gasteiger partial charge in [0.05, 0.1) is 0 Å². The van der Waals surface area contributed by atoms with E-state index in [0.29, 0.717) is 22.5 Å². The number of nitrogens with two attached hydrogens (primary N) is 1. The average Bonchev–Trinajstić information content (AvgIpc) is 2.55. The molecule has 0 saturated heterocycles. The number of amides is 4. The number of hydrogen-bond acceptors (Lipinski definition) is 3. The van der Waals surface area contributed by atoms with E-state index >= 15 is 0 Å². The molecule has 0 radical (unpaired) electrons. The first-order chi connectivity index (χ1) is 11.0. The van der Waals surface area contributed by atoms with Gasteiger partial charge in [0.1, 0.15) is 0 Å². The first kappa shape index (κ1) is 16.0. The Morgan fingerprint density at radius 2 is 1.43 bits per heavy atom. The van der Waals surface area contributed by atoms with Crippen molar-refractivity contribution in [2.75, 3.05) is 17.7 Å². The molecule has 0 aliphatic carbocycles. The minimum absolute atomic E-state index is 0.332. The van der Waals surface area contributed by atoms with Crippen molar-refractivity contribution in [3.63, 3.8) is 0 Å². The van der Waals surface area contributed by atoms with E-state index < -0.39 is 5.91 Å². The largest absolute Gasteiger partial charge is 0.366 e. The number of hydrogen-bond donors (Lipinski definition) is 4. The van der Waals surface area contributed by atoms with Crippen LogP contribution in [0.5, 0.6) is 0 Å². The minimum atomic E-state index is -0.551. The molecule has 0 unspecified atom stereocenters. The van der Waals surface area contributed by atoms with Crippen LogP contribution in [0.15, 0.2) is 48.5 Å².